The van der Waals surface area contributed by atoms with Gasteiger partial charge < -0.3 is 10.4 Å². The van der Waals surface area contributed by atoms with E-state index in [9.17, 15) is 14.7 Å². The molecule has 2 N–H and O–H groups in total. The van der Waals surface area contributed by atoms with E-state index in [1.165, 1.54) is 12.0 Å². The van der Waals surface area contributed by atoms with Crippen LogP contribution >= 0.6 is 23.5 Å². The number of hydrogen-bond acceptors (Lipinski definition) is 5. The van der Waals surface area contributed by atoms with E-state index in [1.807, 2.05) is 61.3 Å². The number of thioether (sulfide) groups is 2. The Kier molecular flexibility index (Phi) is 10.9. The highest BCUT2D eigenvalue weighted by molar-refractivity contribution is 8.00. The van der Waals surface area contributed by atoms with Crippen molar-refractivity contribution in [3.63, 3.8) is 0 Å². The van der Waals surface area contributed by atoms with E-state index in [0.717, 1.165) is 54.1 Å². The first-order valence-electron chi connectivity index (χ1n) is 13.5. The number of allylic oxidation sites excluding steroid dienone is 5. The molecule has 1 aliphatic carbocycles. The number of aliphatic carboxylic acids is 1. The largest absolute Gasteiger partial charge is 0.480 e. The van der Waals surface area contributed by atoms with Gasteiger partial charge in [0.05, 0.1) is 0 Å². The zero-order chi connectivity index (χ0) is 27.6. The van der Waals surface area contributed by atoms with Crippen molar-refractivity contribution in [2.24, 2.45) is 0 Å². The Balaban J connectivity index is 1.47. The van der Waals surface area contributed by atoms with Crippen molar-refractivity contribution in [1.82, 2.24) is 10.2 Å². The molecule has 1 aliphatic heterocycles. The molecule has 2 atom stereocenters. The van der Waals surface area contributed by atoms with Crippen molar-refractivity contribution in [3.05, 3.63) is 95.1 Å². The molecule has 0 aromatic heterocycles. The monoisotopic (exact) mass is 562 g/mol. The van der Waals surface area contributed by atoms with Crippen molar-refractivity contribution in [3.8, 4) is 11.1 Å². The Bertz CT molecular complexity index is 1250. The second kappa shape index (κ2) is 14.6. The summed E-state index contributed by atoms with van der Waals surface area (Å²) in [6, 6.07) is 13.1. The average Bonchev–Trinajstić information content (AvgIpc) is 3.21. The molecule has 2 unspecified atom stereocenters. The van der Waals surface area contributed by atoms with Gasteiger partial charge in [-0.05, 0) is 84.7 Å². The summed E-state index contributed by atoms with van der Waals surface area (Å²) in [6.07, 6.45) is 15.5. The fourth-order valence-electron chi connectivity index (χ4n) is 4.99. The van der Waals surface area contributed by atoms with Crippen molar-refractivity contribution in [1.29, 1.82) is 0 Å². The van der Waals surface area contributed by atoms with Gasteiger partial charge in [0.25, 0.3) is 5.91 Å². The van der Waals surface area contributed by atoms with Gasteiger partial charge >= 0.3 is 5.97 Å². The fourth-order valence-corrected chi connectivity index (χ4v) is 6.70. The van der Waals surface area contributed by atoms with Crippen LogP contribution in [-0.2, 0) is 11.3 Å². The van der Waals surface area contributed by atoms with E-state index in [2.05, 4.69) is 46.7 Å². The van der Waals surface area contributed by atoms with Crippen LogP contribution in [0.25, 0.3) is 11.1 Å². The van der Waals surface area contributed by atoms with Crippen LogP contribution < -0.4 is 5.32 Å². The molecule has 1 fully saturated rings. The number of nitrogens with zero attached hydrogens (tertiary/aromatic N) is 1. The molecule has 4 rings (SSSR count). The minimum absolute atomic E-state index is 0.344. The zero-order valence-electron chi connectivity index (χ0n) is 22.8. The second-order valence-corrected chi connectivity index (χ2v) is 12.4. The van der Waals surface area contributed by atoms with Crippen molar-refractivity contribution >= 4 is 35.4 Å². The Morgan fingerprint density at radius 3 is 2.79 bits per heavy atom. The summed E-state index contributed by atoms with van der Waals surface area (Å²) in [5, 5.41) is 13.0. The molecule has 0 bridgehead atoms. The van der Waals surface area contributed by atoms with Crippen LogP contribution in [0.15, 0.2) is 78.4 Å². The number of carboxylic acid groups (broad SMARTS) is 1. The van der Waals surface area contributed by atoms with Crippen molar-refractivity contribution in [2.45, 2.75) is 44.0 Å². The molecule has 5 nitrogen and oxygen atoms in total. The first-order valence-corrected chi connectivity index (χ1v) is 16.0. The maximum Gasteiger partial charge on any atom is 0.326 e. The number of nitrogens with one attached hydrogen (secondary N) is 1. The fraction of sp³-hybridized carbons (Fsp3) is 0.375. The van der Waals surface area contributed by atoms with Crippen LogP contribution in [0.3, 0.4) is 0 Å². The maximum atomic E-state index is 13.3. The predicted octanol–water partition coefficient (Wildman–Crippen LogP) is 6.35. The number of carbonyl (C=O) groups excluding carboxylic acids is 1. The molecule has 206 valence electrons. The molecule has 1 heterocycles. The minimum atomic E-state index is -1.00. The predicted molar refractivity (Wildman–Crippen MR) is 166 cm³/mol. The number of carboxylic acids is 1. The Labute approximate surface area is 240 Å². The average molecular weight is 563 g/mol. The van der Waals surface area contributed by atoms with E-state index in [4.69, 9.17) is 0 Å². The summed E-state index contributed by atoms with van der Waals surface area (Å²) < 4.78 is 0. The highest BCUT2D eigenvalue weighted by atomic mass is 32.2. The van der Waals surface area contributed by atoms with E-state index >= 15 is 0 Å². The highest BCUT2D eigenvalue weighted by Crippen LogP contribution is 2.31. The minimum Gasteiger partial charge on any atom is -0.480 e. The summed E-state index contributed by atoms with van der Waals surface area (Å²) in [4.78, 5) is 27.6. The Morgan fingerprint density at radius 2 is 2.00 bits per heavy atom. The van der Waals surface area contributed by atoms with E-state index in [1.54, 1.807) is 11.8 Å². The van der Waals surface area contributed by atoms with Crippen LogP contribution in [0, 0.1) is 6.92 Å². The van der Waals surface area contributed by atoms with Crippen LogP contribution in [-0.4, -0.2) is 64.0 Å². The van der Waals surface area contributed by atoms with Crippen LogP contribution in [0.2, 0.25) is 0 Å². The van der Waals surface area contributed by atoms with Gasteiger partial charge in [-0.25, -0.2) is 4.79 Å². The lowest BCUT2D eigenvalue weighted by molar-refractivity contribution is -0.139. The van der Waals surface area contributed by atoms with Gasteiger partial charge in [-0.2, -0.15) is 23.5 Å². The number of amides is 1. The van der Waals surface area contributed by atoms with Crippen molar-refractivity contribution in [2.75, 3.05) is 30.9 Å². The van der Waals surface area contributed by atoms with E-state index < -0.39 is 12.0 Å². The summed E-state index contributed by atoms with van der Waals surface area (Å²) in [5.41, 5.74) is 6.00. The summed E-state index contributed by atoms with van der Waals surface area (Å²) in [7, 11) is 0. The lowest BCUT2D eigenvalue weighted by atomic mass is 9.93. The molecule has 2 aliphatic rings. The topological polar surface area (TPSA) is 69.6 Å². The normalized spacial score (nSPS) is 18.0. The standard InChI is InChI=1S/C32H38N2O3S2/c1-23-9-7-8-12-27(23)29-19-25(13-14-28(29)31(35)33-30(32(36)37)16-18-38-2)20-34-17-15-26(21-34)39-22-24-10-5-3-4-6-11-24/h3-5,7-14,19,26,30H,6,15-18,20-22H2,1-2H3,(H,33,35)(H,36,37). The summed E-state index contributed by atoms with van der Waals surface area (Å²) >= 11 is 3.62. The zero-order valence-corrected chi connectivity index (χ0v) is 24.4. The van der Waals surface area contributed by atoms with Crippen LogP contribution in [0.1, 0.15) is 40.7 Å². The van der Waals surface area contributed by atoms with Crippen molar-refractivity contribution < 1.29 is 14.7 Å². The molecular formula is C32H38N2O3S2. The molecular weight excluding hydrogens is 524 g/mol. The number of rotatable bonds is 12. The third-order valence-corrected chi connectivity index (χ3v) is 9.17. The number of benzene rings is 2. The highest BCUT2D eigenvalue weighted by Gasteiger charge is 2.25. The molecule has 1 amide bonds. The smallest absolute Gasteiger partial charge is 0.326 e. The van der Waals surface area contributed by atoms with Gasteiger partial charge in [0, 0.05) is 29.7 Å². The van der Waals surface area contributed by atoms with Gasteiger partial charge in [-0.3, -0.25) is 9.69 Å². The molecule has 7 heteroatoms. The summed E-state index contributed by atoms with van der Waals surface area (Å²) in [5.74, 6) is 0.368. The number of carbonyl (C=O) groups is 2. The van der Waals surface area contributed by atoms with Gasteiger partial charge in [-0.1, -0.05) is 60.7 Å². The lowest BCUT2D eigenvalue weighted by Gasteiger charge is -2.20. The Morgan fingerprint density at radius 1 is 1.15 bits per heavy atom. The quantitative estimate of drug-likeness (QED) is 0.314. The van der Waals surface area contributed by atoms with E-state index in [0.29, 0.717) is 23.0 Å². The Hall–Kier alpha value is -2.74. The number of aryl methyl sites for hydroxylation is 1. The first kappa shape index (κ1) is 29.2. The number of likely N-dealkylation sites (tertiary alicyclic amines) is 1. The molecule has 1 saturated heterocycles. The van der Waals surface area contributed by atoms with Crippen LogP contribution in [0.5, 0.6) is 0 Å². The third kappa shape index (κ3) is 8.37. The maximum absolute atomic E-state index is 13.3. The van der Waals surface area contributed by atoms with Gasteiger partial charge in [0.15, 0.2) is 0 Å². The molecule has 0 spiro atoms. The molecule has 39 heavy (non-hydrogen) atoms. The molecule has 0 radical (unpaired) electrons. The third-order valence-electron chi connectivity index (χ3n) is 7.17. The molecule has 0 saturated carbocycles. The van der Waals surface area contributed by atoms with Crippen LogP contribution in [0.4, 0.5) is 0 Å². The number of hydrogen-bond donors (Lipinski definition) is 2. The van der Waals surface area contributed by atoms with Gasteiger partial charge in [0.1, 0.15) is 6.04 Å². The first-order chi connectivity index (χ1) is 18.9. The van der Waals surface area contributed by atoms with Gasteiger partial charge in [-0.15, -0.1) is 0 Å². The van der Waals surface area contributed by atoms with E-state index in [-0.39, 0.29) is 5.91 Å². The molecule has 2 aromatic carbocycles. The summed E-state index contributed by atoms with van der Waals surface area (Å²) in [6.45, 7) is 4.98. The lowest BCUT2D eigenvalue weighted by Crippen LogP contribution is -2.41. The SMILES string of the molecule is CSCCC(NC(=O)c1ccc(CN2CCC(SCC3=CCC=CC=C3)C2)cc1-c1ccccc1C)C(=O)O. The second-order valence-electron chi connectivity index (χ2n) is 10.1. The molecule has 2 aromatic rings. The van der Waals surface area contributed by atoms with Gasteiger partial charge in [0.2, 0.25) is 0 Å².